The Kier molecular flexibility index (Phi) is 14.0. The Balaban J connectivity index is 0.000000350. The van der Waals surface area contributed by atoms with Crippen LogP contribution in [0.2, 0.25) is 0 Å². The standard InChI is InChI=1S/C10H12.C7H7Cl2N.2C6H8N.W/c1-10(2,3)9-7-5-4-6-8-9;1-3-4-6(9)7(10)5(2)8;2*1-5-3-4-6(2)7-5;/h1,4-8H,2-3H3;3-4H,1H2,2H3;2*3-4H,1-2H3;/q;;2*-1;/b;6-4+,7-5-;;;. The molecule has 0 N–H and O–H groups in total. The van der Waals surface area contributed by atoms with E-state index in [0.29, 0.717) is 15.8 Å². The zero-order chi connectivity index (χ0) is 26.4. The van der Waals surface area contributed by atoms with Gasteiger partial charge in [0.05, 0.1) is 0 Å². The molecule has 0 fully saturated rings. The molecule has 0 aliphatic heterocycles. The Morgan fingerprint density at radius 2 is 1.31 bits per heavy atom. The molecule has 0 saturated heterocycles. The van der Waals surface area contributed by atoms with Crippen LogP contribution in [0.4, 0.5) is 0 Å². The Bertz CT molecular complexity index is 1120. The molecule has 0 aliphatic rings. The summed E-state index contributed by atoms with van der Waals surface area (Å²) in [5, 5.41) is 1.16. The van der Waals surface area contributed by atoms with E-state index in [0.717, 1.165) is 22.8 Å². The summed E-state index contributed by atoms with van der Waals surface area (Å²) in [4.78, 5) is 8.22. The van der Waals surface area contributed by atoms with Gasteiger partial charge in [0.2, 0.25) is 0 Å². The second-order valence-electron chi connectivity index (χ2n) is 8.49. The molecule has 2 aromatic heterocycles. The van der Waals surface area contributed by atoms with Crippen LogP contribution in [-0.2, 0) is 23.3 Å². The van der Waals surface area contributed by atoms with Crippen LogP contribution in [-0.4, -0.2) is 4.40 Å². The van der Waals surface area contributed by atoms with E-state index in [1.54, 1.807) is 19.1 Å². The smallest absolute Gasteiger partial charge is 0.0607 e. The topological polar surface area (TPSA) is 40.6 Å². The van der Waals surface area contributed by atoms with Crippen molar-refractivity contribution in [2.45, 2.75) is 53.9 Å². The van der Waals surface area contributed by atoms with Crippen molar-refractivity contribution in [3.63, 3.8) is 0 Å². The first-order valence-electron chi connectivity index (χ1n) is 11.2. The molecule has 35 heavy (non-hydrogen) atoms. The number of rotatable bonds is 5. The fourth-order valence-corrected chi connectivity index (χ4v) is 6.50. The van der Waals surface area contributed by atoms with Gasteiger partial charge in [-0.05, 0) is 0 Å². The van der Waals surface area contributed by atoms with Crippen LogP contribution in [0.25, 0.3) is 0 Å². The second kappa shape index (κ2) is 15.8. The van der Waals surface area contributed by atoms with Gasteiger partial charge in [-0.25, -0.2) is 0 Å². The van der Waals surface area contributed by atoms with Crippen molar-refractivity contribution < 1.29 is 17.9 Å². The van der Waals surface area contributed by atoms with E-state index in [1.807, 2.05) is 58.0 Å². The molecule has 2 heterocycles. The number of hydrogen-bond donors (Lipinski definition) is 0. The molecule has 6 heteroatoms. The van der Waals surface area contributed by atoms with Crippen molar-refractivity contribution >= 4 is 27.6 Å². The molecule has 0 atom stereocenters. The number of nitrogens with zero attached hydrogens (tertiary/aromatic N) is 3. The quantitative estimate of drug-likeness (QED) is 0.255. The zero-order valence-corrected chi connectivity index (χ0v) is 26.1. The normalized spacial score (nSPS) is 11.7. The van der Waals surface area contributed by atoms with Gasteiger partial charge in [-0.15, -0.1) is 0 Å². The predicted molar refractivity (Wildman–Crippen MR) is 149 cm³/mol. The molecule has 0 amide bonds. The van der Waals surface area contributed by atoms with E-state index >= 15 is 0 Å². The summed E-state index contributed by atoms with van der Waals surface area (Å²) in [6.07, 6.45) is 3.35. The Morgan fingerprint density at radius 1 is 0.857 bits per heavy atom. The molecule has 0 radical (unpaired) electrons. The Labute approximate surface area is 229 Å². The third-order valence-electron chi connectivity index (χ3n) is 4.66. The van der Waals surface area contributed by atoms with Crippen LogP contribution in [0.3, 0.4) is 0 Å². The molecule has 0 spiro atoms. The summed E-state index contributed by atoms with van der Waals surface area (Å²) >= 11 is 11.2. The van der Waals surface area contributed by atoms with Crippen molar-refractivity contribution in [1.29, 1.82) is 0 Å². The molecular formula is C29H35Cl2N3W-2. The van der Waals surface area contributed by atoms with Crippen LogP contribution in [0.15, 0.2) is 92.6 Å². The molecule has 0 saturated carbocycles. The molecule has 3 nitrogen and oxygen atoms in total. The SMILES string of the molecule is C=C/C=C(Cl)\C([N]=[W]=[CH]C(C)(C)c1ccccc1)=C(/C)Cl.Cc1ccc(C)[n-]1.Cc1ccc(C)[n-]1. The van der Waals surface area contributed by atoms with Crippen molar-refractivity contribution in [2.24, 2.45) is 3.50 Å². The summed E-state index contributed by atoms with van der Waals surface area (Å²) < 4.78 is 6.98. The summed E-state index contributed by atoms with van der Waals surface area (Å²) in [7, 11) is 0. The number of hydrogen-bond acceptors (Lipinski definition) is 1. The van der Waals surface area contributed by atoms with Crippen molar-refractivity contribution in [1.82, 2.24) is 9.97 Å². The van der Waals surface area contributed by atoms with E-state index in [4.69, 9.17) is 23.2 Å². The van der Waals surface area contributed by atoms with Gasteiger partial charge in [0.25, 0.3) is 0 Å². The van der Waals surface area contributed by atoms with Gasteiger partial charge in [0.1, 0.15) is 0 Å². The van der Waals surface area contributed by atoms with Gasteiger partial charge >= 0.3 is 146 Å². The number of aromatic nitrogens is 2. The third kappa shape index (κ3) is 12.5. The first kappa shape index (κ1) is 31.0. The fraction of sp³-hybridized carbons (Fsp3) is 0.276. The molecule has 0 unspecified atom stereocenters. The summed E-state index contributed by atoms with van der Waals surface area (Å²) in [6.45, 7) is 17.8. The molecule has 3 aromatic rings. The maximum Gasteiger partial charge on any atom is -0.0607 e. The average molecular weight is 680 g/mol. The fourth-order valence-electron chi connectivity index (χ4n) is 2.79. The maximum absolute atomic E-state index is 6.18. The largest absolute Gasteiger partial charge is 0.665 e. The van der Waals surface area contributed by atoms with Gasteiger partial charge in [-0.3, -0.25) is 0 Å². The van der Waals surface area contributed by atoms with Gasteiger partial charge in [0.15, 0.2) is 0 Å². The van der Waals surface area contributed by atoms with Crippen molar-refractivity contribution in [2.75, 3.05) is 0 Å². The minimum Gasteiger partial charge on any atom is -0.665 e. The summed E-state index contributed by atoms with van der Waals surface area (Å²) in [6, 6.07) is 18.5. The predicted octanol–water partition coefficient (Wildman–Crippen LogP) is 8.33. The van der Waals surface area contributed by atoms with Gasteiger partial charge < -0.3 is 9.97 Å². The van der Waals surface area contributed by atoms with Crippen LogP contribution in [0.5, 0.6) is 0 Å². The minimum atomic E-state index is -1.06. The van der Waals surface area contributed by atoms with Crippen LogP contribution in [0.1, 0.15) is 49.1 Å². The monoisotopic (exact) mass is 679 g/mol. The summed E-state index contributed by atoms with van der Waals surface area (Å²) in [5.41, 5.74) is 6.42. The summed E-state index contributed by atoms with van der Waals surface area (Å²) in [5.74, 6) is 0. The molecule has 3 rings (SSSR count). The van der Waals surface area contributed by atoms with Gasteiger partial charge in [-0.1, -0.05) is 52.0 Å². The van der Waals surface area contributed by atoms with E-state index in [2.05, 4.69) is 62.6 Å². The van der Waals surface area contributed by atoms with Crippen LogP contribution in [0, 0.1) is 27.7 Å². The van der Waals surface area contributed by atoms with E-state index in [1.165, 1.54) is 5.56 Å². The minimum absolute atomic E-state index is 0.00931. The van der Waals surface area contributed by atoms with Crippen LogP contribution < -0.4 is 9.97 Å². The zero-order valence-electron chi connectivity index (χ0n) is 21.6. The Morgan fingerprint density at radius 3 is 1.66 bits per heavy atom. The molecule has 188 valence electrons. The van der Waals surface area contributed by atoms with Crippen molar-refractivity contribution in [3.05, 3.63) is 117 Å². The second-order valence-corrected chi connectivity index (χ2v) is 11.7. The number of aryl methyl sites for hydroxylation is 4. The van der Waals surface area contributed by atoms with Gasteiger partial charge in [-0.2, -0.15) is 22.8 Å². The van der Waals surface area contributed by atoms with Gasteiger partial charge in [0, 0.05) is 0 Å². The average Bonchev–Trinajstić information content (AvgIpc) is 3.37. The van der Waals surface area contributed by atoms with E-state index < -0.39 is 17.9 Å². The van der Waals surface area contributed by atoms with Crippen molar-refractivity contribution in [3.8, 4) is 0 Å². The van der Waals surface area contributed by atoms with E-state index in [9.17, 15) is 0 Å². The molecule has 1 aromatic carbocycles. The molecule has 0 aliphatic carbocycles. The third-order valence-corrected chi connectivity index (χ3v) is 8.68. The first-order valence-corrected chi connectivity index (χ1v) is 15.0. The number of halogens is 2. The molecule has 0 bridgehead atoms. The Hall–Kier alpha value is -2.06. The van der Waals surface area contributed by atoms with Crippen LogP contribution >= 0.6 is 23.2 Å². The van der Waals surface area contributed by atoms with E-state index in [-0.39, 0.29) is 5.41 Å². The first-order chi connectivity index (χ1) is 16.5. The molecular weight excluding hydrogens is 645 g/mol. The maximum atomic E-state index is 6.18. The number of allylic oxidation sites excluding steroid dienone is 4. The number of benzene rings is 1.